The second kappa shape index (κ2) is 6.69. The van der Waals surface area contributed by atoms with Gasteiger partial charge in [-0.1, -0.05) is 0 Å². The number of nitrogens with two attached hydrogens (primary N) is 1. The molecule has 1 saturated heterocycles. The van der Waals surface area contributed by atoms with Crippen LogP contribution in [0.4, 0.5) is 26.7 Å². The van der Waals surface area contributed by atoms with E-state index in [2.05, 4.69) is 0 Å². The normalized spacial score (nSPS) is 16.0. The van der Waals surface area contributed by atoms with Crippen LogP contribution in [0.3, 0.4) is 0 Å². The Balaban J connectivity index is 2.12. The summed E-state index contributed by atoms with van der Waals surface area (Å²) in [6, 6.07) is 0. The first-order valence-corrected chi connectivity index (χ1v) is 7.08. The quantitative estimate of drug-likeness (QED) is 0.389. The van der Waals surface area contributed by atoms with Gasteiger partial charge in [0.05, 0.1) is 0 Å². The minimum Gasteiger partial charge on any atom is -0.484 e. The number of hydrogen-bond acceptors (Lipinski definition) is 4. The van der Waals surface area contributed by atoms with Gasteiger partial charge in [0.2, 0.25) is 29.1 Å². The highest BCUT2D eigenvalue weighted by Gasteiger charge is 2.30. The average molecular weight is 342 g/mol. The fraction of sp³-hybridized carbons (Fsp3) is 0.417. The van der Waals surface area contributed by atoms with Crippen LogP contribution in [-0.2, 0) is 0 Å². The number of rotatable bonds is 2. The molecule has 1 aromatic carbocycles. The van der Waals surface area contributed by atoms with Crippen LogP contribution in [0.15, 0.2) is 0 Å². The molecule has 1 aliphatic heterocycles. The molecule has 0 saturated carbocycles. The van der Waals surface area contributed by atoms with Crippen LogP contribution in [0.25, 0.3) is 0 Å². The standard InChI is InChI=1S/C12H11F5N2O2S/c13-6-7(14)9(16)11(10(17)8(6)15)21-5-1-3-19(4-2-5)12(20)22-18/h5H,1-4,18H2. The molecule has 122 valence electrons. The second-order valence-corrected chi connectivity index (χ2v) is 5.17. The molecule has 0 aliphatic carbocycles. The molecule has 0 radical (unpaired) electrons. The molecule has 1 aliphatic rings. The first-order chi connectivity index (χ1) is 10.4. The van der Waals surface area contributed by atoms with Gasteiger partial charge in [-0.3, -0.25) is 9.93 Å². The summed E-state index contributed by atoms with van der Waals surface area (Å²) in [5, 5.41) is 4.76. The molecule has 1 fully saturated rings. The van der Waals surface area contributed by atoms with Crippen molar-refractivity contribution >= 4 is 17.2 Å². The minimum absolute atomic E-state index is 0.186. The molecule has 0 spiro atoms. The lowest BCUT2D eigenvalue weighted by Crippen LogP contribution is -2.40. The van der Waals surface area contributed by atoms with Gasteiger partial charge >= 0.3 is 0 Å². The molecular formula is C12H11F5N2O2S. The molecule has 22 heavy (non-hydrogen) atoms. The van der Waals surface area contributed by atoms with Crippen molar-refractivity contribution < 1.29 is 31.5 Å². The first kappa shape index (κ1) is 16.8. The summed E-state index contributed by atoms with van der Waals surface area (Å²) in [6.45, 7) is 0.423. The molecular weight excluding hydrogens is 331 g/mol. The van der Waals surface area contributed by atoms with E-state index in [9.17, 15) is 26.7 Å². The van der Waals surface area contributed by atoms with E-state index in [1.165, 1.54) is 4.90 Å². The maximum atomic E-state index is 13.5. The van der Waals surface area contributed by atoms with Gasteiger partial charge in [0.25, 0.3) is 5.24 Å². The van der Waals surface area contributed by atoms with E-state index in [4.69, 9.17) is 9.88 Å². The molecule has 1 amide bonds. The number of ether oxygens (including phenoxy) is 1. The Morgan fingerprint density at radius 2 is 1.45 bits per heavy atom. The maximum Gasteiger partial charge on any atom is 0.296 e. The van der Waals surface area contributed by atoms with Crippen molar-refractivity contribution in [3.05, 3.63) is 29.1 Å². The van der Waals surface area contributed by atoms with Crippen LogP contribution >= 0.6 is 11.9 Å². The van der Waals surface area contributed by atoms with E-state index in [0.29, 0.717) is 11.9 Å². The molecule has 0 unspecified atom stereocenters. The molecule has 1 aromatic rings. The van der Waals surface area contributed by atoms with E-state index in [-0.39, 0.29) is 31.2 Å². The summed E-state index contributed by atoms with van der Waals surface area (Å²) in [5.41, 5.74) is 0. The second-order valence-electron chi connectivity index (χ2n) is 4.59. The summed E-state index contributed by atoms with van der Waals surface area (Å²) in [5.74, 6) is -11.7. The van der Waals surface area contributed by atoms with Crippen LogP contribution in [0.5, 0.6) is 5.75 Å². The Morgan fingerprint density at radius 3 is 1.91 bits per heavy atom. The topological polar surface area (TPSA) is 55.6 Å². The summed E-state index contributed by atoms with van der Waals surface area (Å²) in [4.78, 5) is 12.7. The highest BCUT2D eigenvalue weighted by atomic mass is 32.2. The van der Waals surface area contributed by atoms with Crippen molar-refractivity contribution in [3.8, 4) is 5.75 Å². The highest BCUT2D eigenvalue weighted by molar-refractivity contribution is 8.11. The number of nitrogens with zero attached hydrogens (tertiary/aromatic N) is 1. The number of benzene rings is 1. The Kier molecular flexibility index (Phi) is 5.12. The molecule has 0 bridgehead atoms. The smallest absolute Gasteiger partial charge is 0.296 e. The number of carbonyl (C=O) groups is 1. The molecule has 0 aromatic heterocycles. The number of carbonyl (C=O) groups excluding carboxylic acids is 1. The molecule has 10 heteroatoms. The predicted octanol–water partition coefficient (Wildman–Crippen LogP) is 2.95. The van der Waals surface area contributed by atoms with Gasteiger partial charge in [-0.2, -0.15) is 8.78 Å². The van der Waals surface area contributed by atoms with Crippen molar-refractivity contribution in [2.24, 2.45) is 5.14 Å². The third-order valence-electron chi connectivity index (χ3n) is 3.26. The van der Waals surface area contributed by atoms with Crippen molar-refractivity contribution in [1.29, 1.82) is 0 Å². The zero-order valence-electron chi connectivity index (χ0n) is 11.0. The SMILES string of the molecule is NSC(=O)N1CCC(Oc2c(F)c(F)c(F)c(F)c2F)CC1. The fourth-order valence-electron chi connectivity index (χ4n) is 2.09. The lowest BCUT2D eigenvalue weighted by molar-refractivity contribution is 0.108. The van der Waals surface area contributed by atoms with Crippen molar-refractivity contribution in [3.63, 3.8) is 0 Å². The Labute approximate surface area is 126 Å². The van der Waals surface area contributed by atoms with Gasteiger partial charge in [-0.15, -0.1) is 0 Å². The Bertz CT molecular complexity index is 564. The van der Waals surface area contributed by atoms with Crippen molar-refractivity contribution in [2.75, 3.05) is 13.1 Å². The van der Waals surface area contributed by atoms with Crippen LogP contribution < -0.4 is 9.88 Å². The monoisotopic (exact) mass is 342 g/mol. The summed E-state index contributed by atoms with van der Waals surface area (Å²) in [7, 11) is 0. The zero-order valence-corrected chi connectivity index (χ0v) is 11.9. The van der Waals surface area contributed by atoms with E-state index >= 15 is 0 Å². The highest BCUT2D eigenvalue weighted by Crippen LogP contribution is 2.31. The summed E-state index contributed by atoms with van der Waals surface area (Å²) < 4.78 is 70.9. The number of hydrogen-bond donors (Lipinski definition) is 1. The van der Waals surface area contributed by atoms with E-state index in [1.807, 2.05) is 0 Å². The first-order valence-electron chi connectivity index (χ1n) is 6.20. The van der Waals surface area contributed by atoms with Crippen LogP contribution in [0, 0.1) is 29.1 Å². The number of piperidine rings is 1. The van der Waals surface area contributed by atoms with E-state index in [0.717, 1.165) is 0 Å². The van der Waals surface area contributed by atoms with Crippen LogP contribution in [-0.4, -0.2) is 29.3 Å². The lowest BCUT2D eigenvalue weighted by atomic mass is 10.1. The lowest BCUT2D eigenvalue weighted by Gasteiger charge is -2.31. The third kappa shape index (κ3) is 3.12. The van der Waals surface area contributed by atoms with Crippen LogP contribution in [0.2, 0.25) is 0 Å². The zero-order chi connectivity index (χ0) is 16.4. The minimum atomic E-state index is -2.23. The summed E-state index contributed by atoms with van der Waals surface area (Å²) >= 11 is 0.532. The van der Waals surface area contributed by atoms with Gasteiger partial charge in [-0.05, 0) is 0 Å². The van der Waals surface area contributed by atoms with Gasteiger partial charge in [-0.25, -0.2) is 13.2 Å². The van der Waals surface area contributed by atoms with E-state index < -0.39 is 40.9 Å². The molecule has 2 N–H and O–H groups in total. The fourth-order valence-corrected chi connectivity index (χ4v) is 2.42. The van der Waals surface area contributed by atoms with Gasteiger partial charge < -0.3 is 9.64 Å². The number of likely N-dealkylation sites (tertiary alicyclic amines) is 1. The molecule has 2 rings (SSSR count). The van der Waals surface area contributed by atoms with Crippen LogP contribution in [0.1, 0.15) is 12.8 Å². The summed E-state index contributed by atoms with van der Waals surface area (Å²) in [6.07, 6.45) is -0.391. The third-order valence-corrected chi connectivity index (χ3v) is 3.71. The Hall–Kier alpha value is -1.55. The van der Waals surface area contributed by atoms with Gasteiger partial charge in [0.15, 0.2) is 5.75 Å². The predicted molar refractivity (Wildman–Crippen MR) is 68.6 cm³/mol. The largest absolute Gasteiger partial charge is 0.484 e. The molecule has 0 atom stereocenters. The van der Waals surface area contributed by atoms with E-state index in [1.54, 1.807) is 0 Å². The van der Waals surface area contributed by atoms with Crippen molar-refractivity contribution in [1.82, 2.24) is 4.90 Å². The Morgan fingerprint density at radius 1 is 1.00 bits per heavy atom. The van der Waals surface area contributed by atoms with Crippen molar-refractivity contribution in [2.45, 2.75) is 18.9 Å². The average Bonchev–Trinajstić information content (AvgIpc) is 2.55. The van der Waals surface area contributed by atoms with Gasteiger partial charge in [0.1, 0.15) is 6.10 Å². The van der Waals surface area contributed by atoms with Gasteiger partial charge in [0, 0.05) is 37.9 Å². The molecule has 1 heterocycles. The maximum absolute atomic E-state index is 13.5. The number of amides is 1. The number of halogens is 5. The molecule has 4 nitrogen and oxygen atoms in total.